The summed E-state index contributed by atoms with van der Waals surface area (Å²) in [5.74, 6) is 0.815. The van der Waals surface area contributed by atoms with Gasteiger partial charge in [0.2, 0.25) is 0 Å². The van der Waals surface area contributed by atoms with E-state index in [1.165, 1.54) is 15.3 Å². The minimum atomic E-state index is 0.512. The zero-order valence-corrected chi connectivity index (χ0v) is 12.5. The Morgan fingerprint density at radius 2 is 2.26 bits per heavy atom. The fraction of sp³-hybridized carbons (Fsp3) is 0.400. The summed E-state index contributed by atoms with van der Waals surface area (Å²) in [6.07, 6.45) is 3.49. The molecule has 4 heteroatoms. The highest BCUT2D eigenvalue weighted by atomic mass is 32.1. The van der Waals surface area contributed by atoms with E-state index in [0.717, 1.165) is 12.3 Å². The van der Waals surface area contributed by atoms with Crippen molar-refractivity contribution in [3.05, 3.63) is 45.9 Å². The molecule has 0 amide bonds. The van der Waals surface area contributed by atoms with Crippen LogP contribution in [0, 0.1) is 6.92 Å². The van der Waals surface area contributed by atoms with E-state index in [1.807, 2.05) is 23.5 Å². The maximum absolute atomic E-state index is 5.74. The lowest BCUT2D eigenvalue weighted by molar-refractivity contribution is 0.304. The molecule has 0 unspecified atom stereocenters. The minimum Gasteiger partial charge on any atom is -0.487 e. The molecule has 0 atom stereocenters. The summed E-state index contributed by atoms with van der Waals surface area (Å²) in [7, 11) is 0. The molecule has 102 valence electrons. The molecule has 0 aliphatic heterocycles. The lowest BCUT2D eigenvalue weighted by Gasteiger charge is -2.05. The third-order valence-corrected chi connectivity index (χ3v) is 3.88. The van der Waals surface area contributed by atoms with Crippen LogP contribution in [0.1, 0.15) is 29.2 Å². The van der Waals surface area contributed by atoms with E-state index in [-0.39, 0.29) is 0 Å². The highest BCUT2D eigenvalue weighted by Gasteiger charge is 2.06. The molecule has 2 rings (SSSR count). The van der Waals surface area contributed by atoms with Crippen LogP contribution in [-0.2, 0) is 13.2 Å². The Morgan fingerprint density at radius 1 is 1.42 bits per heavy atom. The Morgan fingerprint density at radius 3 is 2.95 bits per heavy atom. The van der Waals surface area contributed by atoms with Crippen LogP contribution in [0.15, 0.2) is 30.6 Å². The summed E-state index contributed by atoms with van der Waals surface area (Å²) in [5.41, 5.74) is 1.26. The monoisotopic (exact) mass is 276 g/mol. The molecule has 19 heavy (non-hydrogen) atoms. The predicted molar refractivity (Wildman–Crippen MR) is 79.6 cm³/mol. The summed E-state index contributed by atoms with van der Waals surface area (Å²) in [4.78, 5) is 6.72. The van der Waals surface area contributed by atoms with Gasteiger partial charge in [-0.15, -0.1) is 11.3 Å². The van der Waals surface area contributed by atoms with Crippen molar-refractivity contribution in [2.75, 3.05) is 0 Å². The van der Waals surface area contributed by atoms with Gasteiger partial charge in [-0.1, -0.05) is 13.8 Å². The van der Waals surface area contributed by atoms with Crippen LogP contribution in [0.4, 0.5) is 0 Å². The molecule has 0 bridgehead atoms. The summed E-state index contributed by atoms with van der Waals surface area (Å²) in [5, 5.41) is 3.44. The van der Waals surface area contributed by atoms with Crippen LogP contribution in [-0.4, -0.2) is 11.0 Å². The van der Waals surface area contributed by atoms with E-state index in [9.17, 15) is 0 Å². The van der Waals surface area contributed by atoms with Gasteiger partial charge in [-0.25, -0.2) is 0 Å². The molecule has 0 radical (unpaired) electrons. The smallest absolute Gasteiger partial charge is 0.138 e. The number of hydrogen-bond acceptors (Lipinski definition) is 4. The van der Waals surface area contributed by atoms with Gasteiger partial charge in [0.25, 0.3) is 0 Å². The normalized spacial score (nSPS) is 10.9. The quantitative estimate of drug-likeness (QED) is 0.876. The Hall–Kier alpha value is -1.39. The maximum atomic E-state index is 5.74. The Kier molecular flexibility index (Phi) is 4.93. The molecule has 0 aliphatic rings. The van der Waals surface area contributed by atoms with Crippen molar-refractivity contribution in [2.45, 2.75) is 40.0 Å². The summed E-state index contributed by atoms with van der Waals surface area (Å²) in [6, 6.07) is 6.55. The third kappa shape index (κ3) is 4.33. The molecule has 1 N–H and O–H groups in total. The maximum Gasteiger partial charge on any atom is 0.138 e. The van der Waals surface area contributed by atoms with Crippen LogP contribution < -0.4 is 10.1 Å². The second-order valence-corrected chi connectivity index (χ2v) is 6.15. The number of aryl methyl sites for hydroxylation is 1. The Bertz CT molecular complexity index is 508. The van der Waals surface area contributed by atoms with Crippen LogP contribution in [0.25, 0.3) is 0 Å². The topological polar surface area (TPSA) is 34.1 Å². The number of rotatable bonds is 6. The van der Waals surface area contributed by atoms with Crippen molar-refractivity contribution in [1.29, 1.82) is 0 Å². The molecule has 0 spiro atoms. The van der Waals surface area contributed by atoms with Crippen LogP contribution in [0.5, 0.6) is 5.75 Å². The second-order valence-electron chi connectivity index (χ2n) is 4.81. The lowest BCUT2D eigenvalue weighted by atomic mass is 10.2. The van der Waals surface area contributed by atoms with Crippen LogP contribution >= 0.6 is 11.3 Å². The molecule has 2 heterocycles. The molecule has 2 aromatic heterocycles. The van der Waals surface area contributed by atoms with Crippen molar-refractivity contribution in [2.24, 2.45) is 0 Å². The van der Waals surface area contributed by atoms with Crippen molar-refractivity contribution < 1.29 is 4.74 Å². The first-order valence-corrected chi connectivity index (χ1v) is 7.31. The molecule has 3 nitrogen and oxygen atoms in total. The van der Waals surface area contributed by atoms with Gasteiger partial charge in [0.05, 0.1) is 6.20 Å². The van der Waals surface area contributed by atoms with Crippen LogP contribution in [0.3, 0.4) is 0 Å². The van der Waals surface area contributed by atoms with Gasteiger partial charge in [-0.05, 0) is 25.1 Å². The van der Waals surface area contributed by atoms with Crippen molar-refractivity contribution in [3.63, 3.8) is 0 Å². The summed E-state index contributed by atoms with van der Waals surface area (Å²) >= 11 is 1.83. The standard InChI is InChI=1S/C15H20N2OS/c1-11(2)17-9-15-7-13(12(3)19-15)10-18-14-5-4-6-16-8-14/h4-8,11,17H,9-10H2,1-3H3. The van der Waals surface area contributed by atoms with Crippen molar-refractivity contribution in [3.8, 4) is 5.75 Å². The molecule has 0 aromatic carbocycles. The van der Waals surface area contributed by atoms with Gasteiger partial charge in [0, 0.05) is 34.1 Å². The fourth-order valence-electron chi connectivity index (χ4n) is 1.72. The zero-order chi connectivity index (χ0) is 13.7. The number of thiophene rings is 1. The third-order valence-electron chi connectivity index (χ3n) is 2.78. The van der Waals surface area contributed by atoms with Gasteiger partial charge >= 0.3 is 0 Å². The number of aromatic nitrogens is 1. The van der Waals surface area contributed by atoms with Crippen molar-refractivity contribution in [1.82, 2.24) is 10.3 Å². The number of nitrogens with one attached hydrogen (secondary N) is 1. The first-order valence-electron chi connectivity index (χ1n) is 6.49. The lowest BCUT2D eigenvalue weighted by Crippen LogP contribution is -2.21. The number of nitrogens with zero attached hydrogens (tertiary/aromatic N) is 1. The molecule has 0 aliphatic carbocycles. The van der Waals surface area contributed by atoms with Gasteiger partial charge in [0.15, 0.2) is 0 Å². The minimum absolute atomic E-state index is 0.512. The Balaban J connectivity index is 1.93. The first kappa shape index (κ1) is 14.0. The number of hydrogen-bond donors (Lipinski definition) is 1. The number of pyridine rings is 1. The van der Waals surface area contributed by atoms with Gasteiger partial charge in [-0.3, -0.25) is 4.98 Å². The van der Waals surface area contributed by atoms with Crippen molar-refractivity contribution >= 4 is 11.3 Å². The first-order chi connectivity index (χ1) is 9.15. The molecule has 2 aromatic rings. The van der Waals surface area contributed by atoms with E-state index in [1.54, 1.807) is 12.4 Å². The molecule has 0 saturated heterocycles. The van der Waals surface area contributed by atoms with E-state index in [4.69, 9.17) is 4.74 Å². The van der Waals surface area contributed by atoms with Gasteiger partial charge in [0.1, 0.15) is 12.4 Å². The van der Waals surface area contributed by atoms with Crippen LogP contribution in [0.2, 0.25) is 0 Å². The molecule has 0 fully saturated rings. The fourth-order valence-corrected chi connectivity index (χ4v) is 2.72. The van der Waals surface area contributed by atoms with E-state index < -0.39 is 0 Å². The summed E-state index contributed by atoms with van der Waals surface area (Å²) < 4.78 is 5.74. The highest BCUT2D eigenvalue weighted by molar-refractivity contribution is 7.12. The van der Waals surface area contributed by atoms with Gasteiger partial charge in [-0.2, -0.15) is 0 Å². The predicted octanol–water partition coefficient (Wildman–Crippen LogP) is 3.53. The largest absolute Gasteiger partial charge is 0.487 e. The SMILES string of the molecule is Cc1sc(CNC(C)C)cc1COc1cccnc1. The molecular weight excluding hydrogens is 256 g/mol. The highest BCUT2D eigenvalue weighted by Crippen LogP contribution is 2.23. The van der Waals surface area contributed by atoms with E-state index in [0.29, 0.717) is 12.6 Å². The average Bonchev–Trinajstić information content (AvgIpc) is 2.76. The second kappa shape index (κ2) is 6.68. The van der Waals surface area contributed by atoms with Gasteiger partial charge < -0.3 is 10.1 Å². The molecular formula is C15H20N2OS. The van der Waals surface area contributed by atoms with E-state index >= 15 is 0 Å². The Labute approximate surface area is 118 Å². The molecule has 0 saturated carbocycles. The zero-order valence-electron chi connectivity index (χ0n) is 11.6. The summed E-state index contributed by atoms with van der Waals surface area (Å²) in [6.45, 7) is 8.00. The average molecular weight is 276 g/mol. The van der Waals surface area contributed by atoms with E-state index in [2.05, 4.69) is 37.1 Å². The number of ether oxygens (including phenoxy) is 1.